The molecule has 2 aromatic carbocycles. The molecule has 1 N–H and O–H groups in total. The van der Waals surface area contributed by atoms with E-state index >= 15 is 0 Å². The summed E-state index contributed by atoms with van der Waals surface area (Å²) in [4.78, 5) is 25.1. The van der Waals surface area contributed by atoms with Crippen LogP contribution in [0.4, 0.5) is 11.4 Å². The normalized spacial score (nSPS) is 14.5. The predicted octanol–water partition coefficient (Wildman–Crippen LogP) is 2.71. The molecule has 1 heterocycles. The van der Waals surface area contributed by atoms with E-state index in [1.54, 1.807) is 12.1 Å². The molecule has 142 valence electrons. The average Bonchev–Trinajstić information content (AvgIpc) is 2.99. The smallest absolute Gasteiger partial charge is 0.261 e. The van der Waals surface area contributed by atoms with Gasteiger partial charge in [-0.05, 0) is 36.2 Å². The van der Waals surface area contributed by atoms with Gasteiger partial charge in [0.25, 0.3) is 10.0 Å². The SMILES string of the molecule is CCc1ccccc1NS(=O)(=O)c1ccc(OC)c(N2C(=O)CCC2=O)c1. The number of anilines is 2. The van der Waals surface area contributed by atoms with E-state index in [4.69, 9.17) is 4.74 Å². The first-order valence-corrected chi connectivity index (χ1v) is 10.00. The van der Waals surface area contributed by atoms with Crippen molar-refractivity contribution in [3.05, 3.63) is 48.0 Å². The van der Waals surface area contributed by atoms with E-state index in [9.17, 15) is 18.0 Å². The minimum Gasteiger partial charge on any atom is -0.495 e. The predicted molar refractivity (Wildman–Crippen MR) is 101 cm³/mol. The summed E-state index contributed by atoms with van der Waals surface area (Å²) in [6.45, 7) is 1.93. The van der Waals surface area contributed by atoms with Crippen LogP contribution in [0.15, 0.2) is 47.4 Å². The number of ether oxygens (including phenoxy) is 1. The van der Waals surface area contributed by atoms with E-state index < -0.39 is 10.0 Å². The van der Waals surface area contributed by atoms with Crippen LogP contribution in [0.1, 0.15) is 25.3 Å². The molecule has 0 aliphatic carbocycles. The average molecular weight is 388 g/mol. The Morgan fingerprint density at radius 1 is 1.07 bits per heavy atom. The molecule has 0 aromatic heterocycles. The Kier molecular flexibility index (Phi) is 5.18. The van der Waals surface area contributed by atoms with Crippen molar-refractivity contribution in [3.63, 3.8) is 0 Å². The number of sulfonamides is 1. The lowest BCUT2D eigenvalue weighted by Crippen LogP contribution is -2.29. The van der Waals surface area contributed by atoms with E-state index in [0.717, 1.165) is 10.5 Å². The van der Waals surface area contributed by atoms with Gasteiger partial charge in [-0.25, -0.2) is 13.3 Å². The topological polar surface area (TPSA) is 92.8 Å². The van der Waals surface area contributed by atoms with Crippen molar-refractivity contribution in [2.24, 2.45) is 0 Å². The van der Waals surface area contributed by atoms with E-state index in [-0.39, 0.29) is 41.0 Å². The van der Waals surface area contributed by atoms with Crippen LogP contribution >= 0.6 is 0 Å². The number of para-hydroxylation sites is 1. The molecule has 0 spiro atoms. The maximum absolute atomic E-state index is 12.9. The molecule has 27 heavy (non-hydrogen) atoms. The molecule has 0 saturated carbocycles. The molecule has 3 rings (SSSR count). The number of nitrogens with zero attached hydrogens (tertiary/aromatic N) is 1. The number of rotatable bonds is 6. The van der Waals surface area contributed by atoms with Crippen molar-refractivity contribution >= 4 is 33.2 Å². The molecule has 1 aliphatic heterocycles. The van der Waals surface area contributed by atoms with Crippen molar-refractivity contribution in [1.82, 2.24) is 0 Å². The van der Waals surface area contributed by atoms with Crippen LogP contribution in [-0.4, -0.2) is 27.3 Å². The van der Waals surface area contributed by atoms with Crippen LogP contribution in [0.5, 0.6) is 5.75 Å². The van der Waals surface area contributed by atoms with Crippen molar-refractivity contribution in [2.45, 2.75) is 31.1 Å². The number of imide groups is 1. The van der Waals surface area contributed by atoms with E-state index in [1.165, 1.54) is 25.3 Å². The highest BCUT2D eigenvalue weighted by Crippen LogP contribution is 2.34. The lowest BCUT2D eigenvalue weighted by Gasteiger charge is -2.19. The van der Waals surface area contributed by atoms with Gasteiger partial charge in [-0.1, -0.05) is 25.1 Å². The van der Waals surface area contributed by atoms with Crippen molar-refractivity contribution in [1.29, 1.82) is 0 Å². The zero-order valence-electron chi connectivity index (χ0n) is 15.1. The second-order valence-electron chi connectivity index (χ2n) is 6.07. The van der Waals surface area contributed by atoms with Crippen LogP contribution in [-0.2, 0) is 26.0 Å². The first kappa shape index (κ1) is 18.9. The monoisotopic (exact) mass is 388 g/mol. The van der Waals surface area contributed by atoms with Gasteiger partial charge in [0.05, 0.1) is 23.4 Å². The first-order chi connectivity index (χ1) is 12.9. The molecule has 1 aliphatic rings. The standard InChI is InChI=1S/C19H20N2O5S/c1-3-13-6-4-5-7-15(13)20-27(24,25)14-8-9-17(26-2)16(12-14)21-18(22)10-11-19(21)23/h4-9,12,20H,3,10-11H2,1-2H3. The Hall–Kier alpha value is -2.87. The third-order valence-electron chi connectivity index (χ3n) is 4.40. The zero-order chi connectivity index (χ0) is 19.6. The minimum absolute atomic E-state index is 0.0586. The summed E-state index contributed by atoms with van der Waals surface area (Å²) in [5, 5.41) is 0. The number of nitrogens with one attached hydrogen (secondary N) is 1. The Balaban J connectivity index is 2.02. The van der Waals surface area contributed by atoms with Crippen LogP contribution in [0.3, 0.4) is 0 Å². The fourth-order valence-electron chi connectivity index (χ4n) is 2.99. The number of hydrogen-bond donors (Lipinski definition) is 1. The Labute approximate surface area is 158 Å². The summed E-state index contributed by atoms with van der Waals surface area (Å²) in [6.07, 6.45) is 0.867. The number of carbonyl (C=O) groups excluding carboxylic acids is 2. The number of benzene rings is 2. The molecule has 7 nitrogen and oxygen atoms in total. The van der Waals surface area contributed by atoms with E-state index in [1.807, 2.05) is 19.1 Å². The molecule has 0 atom stereocenters. The van der Waals surface area contributed by atoms with E-state index in [0.29, 0.717) is 12.1 Å². The van der Waals surface area contributed by atoms with Gasteiger partial charge in [0.15, 0.2) is 0 Å². The van der Waals surface area contributed by atoms with Crippen molar-refractivity contribution in [2.75, 3.05) is 16.7 Å². The highest BCUT2D eigenvalue weighted by molar-refractivity contribution is 7.92. The first-order valence-electron chi connectivity index (χ1n) is 8.52. The lowest BCUT2D eigenvalue weighted by atomic mass is 10.1. The van der Waals surface area contributed by atoms with Gasteiger partial charge >= 0.3 is 0 Å². The van der Waals surface area contributed by atoms with Crippen molar-refractivity contribution < 1.29 is 22.7 Å². The van der Waals surface area contributed by atoms with E-state index in [2.05, 4.69) is 4.72 Å². The maximum atomic E-state index is 12.9. The molecular weight excluding hydrogens is 368 g/mol. The highest BCUT2D eigenvalue weighted by Gasteiger charge is 2.33. The van der Waals surface area contributed by atoms with Crippen LogP contribution in [0, 0.1) is 0 Å². The summed E-state index contributed by atoms with van der Waals surface area (Å²) in [7, 11) is -2.52. The molecule has 8 heteroatoms. The fourth-order valence-corrected chi connectivity index (χ4v) is 4.11. The molecular formula is C19H20N2O5S. The summed E-state index contributed by atoms with van der Waals surface area (Å²) in [5.41, 5.74) is 1.49. The molecule has 1 saturated heterocycles. The van der Waals surface area contributed by atoms with Crippen LogP contribution < -0.4 is 14.4 Å². The quantitative estimate of drug-likeness (QED) is 0.768. The van der Waals surface area contributed by atoms with Gasteiger partial charge in [-0.3, -0.25) is 14.3 Å². The summed E-state index contributed by atoms with van der Waals surface area (Å²) >= 11 is 0. The van der Waals surface area contributed by atoms with Gasteiger partial charge in [-0.2, -0.15) is 0 Å². The van der Waals surface area contributed by atoms with Crippen molar-refractivity contribution in [3.8, 4) is 5.75 Å². The summed E-state index contributed by atoms with van der Waals surface area (Å²) in [5.74, 6) is -0.499. The van der Waals surface area contributed by atoms with Gasteiger partial charge < -0.3 is 4.74 Å². The Bertz CT molecular complexity index is 985. The lowest BCUT2D eigenvalue weighted by molar-refractivity contribution is -0.121. The Morgan fingerprint density at radius 3 is 2.37 bits per heavy atom. The maximum Gasteiger partial charge on any atom is 0.261 e. The summed E-state index contributed by atoms with van der Waals surface area (Å²) < 4.78 is 33.5. The molecule has 0 radical (unpaired) electrons. The van der Waals surface area contributed by atoms with Gasteiger partial charge in [0.2, 0.25) is 11.8 Å². The Morgan fingerprint density at radius 2 is 1.74 bits per heavy atom. The second kappa shape index (κ2) is 7.40. The largest absolute Gasteiger partial charge is 0.495 e. The third kappa shape index (κ3) is 3.66. The van der Waals surface area contributed by atoms with Gasteiger partial charge in [0, 0.05) is 12.8 Å². The summed E-state index contributed by atoms with van der Waals surface area (Å²) in [6, 6.07) is 11.2. The molecule has 0 unspecified atom stereocenters. The van der Waals surface area contributed by atoms with Crippen LogP contribution in [0.25, 0.3) is 0 Å². The molecule has 1 fully saturated rings. The fraction of sp³-hybridized carbons (Fsp3) is 0.263. The third-order valence-corrected chi connectivity index (χ3v) is 5.76. The van der Waals surface area contributed by atoms with Crippen LogP contribution in [0.2, 0.25) is 0 Å². The highest BCUT2D eigenvalue weighted by atomic mass is 32.2. The molecule has 2 aromatic rings. The number of amides is 2. The van der Waals surface area contributed by atoms with Gasteiger partial charge in [0.1, 0.15) is 5.75 Å². The number of carbonyl (C=O) groups is 2. The number of hydrogen-bond acceptors (Lipinski definition) is 5. The molecule has 2 amide bonds. The number of methoxy groups -OCH3 is 1. The van der Waals surface area contributed by atoms with Gasteiger partial charge in [-0.15, -0.1) is 0 Å². The number of aryl methyl sites for hydroxylation is 1. The second-order valence-corrected chi connectivity index (χ2v) is 7.76. The minimum atomic E-state index is -3.91. The zero-order valence-corrected chi connectivity index (χ0v) is 15.9. The molecule has 0 bridgehead atoms.